The molecule has 0 aromatic carbocycles. The summed E-state index contributed by atoms with van der Waals surface area (Å²) in [5.74, 6) is -0.307. The van der Waals surface area contributed by atoms with Crippen LogP contribution in [-0.4, -0.2) is 64.6 Å². The molecule has 0 aliphatic rings. The molecule has 0 radical (unpaired) electrons. The van der Waals surface area contributed by atoms with E-state index in [9.17, 15) is 9.59 Å². The van der Waals surface area contributed by atoms with E-state index in [4.69, 9.17) is 5.11 Å². The zero-order chi connectivity index (χ0) is 20.9. The number of aliphatic carboxylic acids is 1. The third kappa shape index (κ3) is 22.8. The van der Waals surface area contributed by atoms with Gasteiger partial charge in [-0.3, -0.25) is 4.79 Å². The van der Waals surface area contributed by atoms with Gasteiger partial charge in [-0.15, -0.1) is 0 Å². The Labute approximate surface area is 206 Å². The molecule has 0 saturated carbocycles. The second-order valence-corrected chi connectivity index (χ2v) is 8.93. The molecule has 0 aliphatic carbocycles. The van der Waals surface area contributed by atoms with Crippen LogP contribution in [0.1, 0.15) is 116 Å². The fourth-order valence-electron chi connectivity index (χ4n) is 3.42. The summed E-state index contributed by atoms with van der Waals surface area (Å²) in [6, 6.07) is -0.740. The number of carbonyl (C=O) groups excluding carboxylic acids is 1. The van der Waals surface area contributed by atoms with Crippen LogP contribution in [-0.2, 0) is 9.59 Å². The maximum atomic E-state index is 11.9. The Balaban J connectivity index is 0. The monoisotopic (exact) mass is 439 g/mol. The van der Waals surface area contributed by atoms with Crippen LogP contribution in [0.5, 0.6) is 0 Å². The fraction of sp³-hybridized carbons (Fsp3) is 0.913. The quantitative estimate of drug-likeness (QED) is 0.172. The predicted octanol–water partition coefficient (Wildman–Crippen LogP) is 5.92. The van der Waals surface area contributed by atoms with E-state index in [0.717, 1.165) is 18.6 Å². The van der Waals surface area contributed by atoms with Crippen LogP contribution in [0.3, 0.4) is 0 Å². The Bertz CT molecular complexity index is 383. The Kier molecular flexibility index (Phi) is 26.7. The van der Waals surface area contributed by atoms with Gasteiger partial charge >= 0.3 is 35.5 Å². The van der Waals surface area contributed by atoms with Gasteiger partial charge in [-0.05, 0) is 24.9 Å². The standard InChI is InChI=1S/C23H45NO3S.Na.H/c1-3-4-5-6-7-8-9-10-11-12-13-14-15-16-17-18-22(25)24-21(23(26)27)19-20-28-2;;/h21H,3-20H2,1-2H3,(H,24,25)(H,26,27);;/t21-;;/m0../s1. The molecular weight excluding hydrogens is 393 g/mol. The molecule has 0 rings (SSSR count). The molecule has 0 aromatic rings. The van der Waals surface area contributed by atoms with Gasteiger partial charge in [0, 0.05) is 6.42 Å². The van der Waals surface area contributed by atoms with E-state index in [1.54, 1.807) is 11.8 Å². The molecule has 0 bridgehead atoms. The minimum atomic E-state index is -0.932. The van der Waals surface area contributed by atoms with Crippen molar-refractivity contribution >= 4 is 53.2 Å². The molecule has 2 N–H and O–H groups in total. The van der Waals surface area contributed by atoms with Crippen molar-refractivity contribution in [1.29, 1.82) is 0 Å². The Morgan fingerprint density at radius 1 is 0.793 bits per heavy atom. The van der Waals surface area contributed by atoms with Gasteiger partial charge in [0.25, 0.3) is 0 Å². The molecule has 0 aromatic heterocycles. The topological polar surface area (TPSA) is 66.4 Å². The average molecular weight is 440 g/mol. The van der Waals surface area contributed by atoms with Crippen molar-refractivity contribution < 1.29 is 14.7 Å². The van der Waals surface area contributed by atoms with Crippen molar-refractivity contribution in [3.63, 3.8) is 0 Å². The Morgan fingerprint density at radius 2 is 1.21 bits per heavy atom. The fourth-order valence-corrected chi connectivity index (χ4v) is 3.89. The maximum absolute atomic E-state index is 11.9. The average Bonchev–Trinajstić information content (AvgIpc) is 2.67. The van der Waals surface area contributed by atoms with Gasteiger partial charge in [-0.25, -0.2) is 4.79 Å². The Hall–Kier alpha value is 0.290. The van der Waals surface area contributed by atoms with Gasteiger partial charge in [-0.2, -0.15) is 11.8 Å². The van der Waals surface area contributed by atoms with Crippen LogP contribution in [0.4, 0.5) is 0 Å². The first-order valence-corrected chi connectivity index (χ1v) is 13.0. The SMILES string of the molecule is CCCCCCCCCCCCCCCCCC(=O)N[C@@H](CCSC)C(=O)O.[NaH]. The summed E-state index contributed by atoms with van der Waals surface area (Å²) in [6.45, 7) is 2.27. The second-order valence-electron chi connectivity index (χ2n) is 7.94. The number of carboxylic acids is 1. The predicted molar refractivity (Wildman–Crippen MR) is 129 cm³/mol. The molecule has 0 spiro atoms. The molecule has 0 unspecified atom stereocenters. The van der Waals surface area contributed by atoms with Crippen LogP contribution < -0.4 is 5.32 Å². The van der Waals surface area contributed by atoms with Gasteiger partial charge in [0.2, 0.25) is 5.91 Å². The zero-order valence-electron chi connectivity index (χ0n) is 18.5. The molecule has 0 fully saturated rings. The summed E-state index contributed by atoms with van der Waals surface area (Å²) < 4.78 is 0. The first-order valence-electron chi connectivity index (χ1n) is 11.6. The third-order valence-electron chi connectivity index (χ3n) is 5.25. The van der Waals surface area contributed by atoms with Gasteiger partial charge in [0.05, 0.1) is 0 Å². The summed E-state index contributed by atoms with van der Waals surface area (Å²) in [4.78, 5) is 23.0. The Morgan fingerprint density at radius 3 is 1.59 bits per heavy atom. The third-order valence-corrected chi connectivity index (χ3v) is 5.90. The number of carboxylic acid groups (broad SMARTS) is 1. The van der Waals surface area contributed by atoms with Crippen molar-refractivity contribution in [2.24, 2.45) is 0 Å². The first-order chi connectivity index (χ1) is 13.6. The molecule has 1 atom stereocenters. The molecule has 6 heteroatoms. The number of hydrogen-bond acceptors (Lipinski definition) is 3. The van der Waals surface area contributed by atoms with Crippen LogP contribution in [0.25, 0.3) is 0 Å². The number of unbranched alkanes of at least 4 members (excludes halogenated alkanes) is 14. The van der Waals surface area contributed by atoms with Gasteiger partial charge < -0.3 is 10.4 Å². The van der Waals surface area contributed by atoms with E-state index in [-0.39, 0.29) is 35.5 Å². The van der Waals surface area contributed by atoms with E-state index in [2.05, 4.69) is 12.2 Å². The number of rotatable bonds is 21. The van der Waals surface area contributed by atoms with E-state index >= 15 is 0 Å². The summed E-state index contributed by atoms with van der Waals surface area (Å²) >= 11 is 1.60. The molecule has 4 nitrogen and oxygen atoms in total. The van der Waals surface area contributed by atoms with E-state index in [0.29, 0.717) is 12.8 Å². The van der Waals surface area contributed by atoms with Crippen LogP contribution in [0, 0.1) is 0 Å². The number of thioether (sulfide) groups is 1. The zero-order valence-corrected chi connectivity index (χ0v) is 19.3. The normalized spacial score (nSPS) is 11.7. The van der Waals surface area contributed by atoms with E-state index in [1.165, 1.54) is 83.5 Å². The second kappa shape index (κ2) is 24.6. The molecular formula is C23H46NNaO3S. The van der Waals surface area contributed by atoms with E-state index in [1.807, 2.05) is 6.26 Å². The van der Waals surface area contributed by atoms with Crippen molar-refractivity contribution in [2.75, 3.05) is 12.0 Å². The summed E-state index contributed by atoms with van der Waals surface area (Å²) in [5, 5.41) is 11.8. The molecule has 0 saturated heterocycles. The van der Waals surface area contributed by atoms with Crippen LogP contribution in [0.15, 0.2) is 0 Å². The van der Waals surface area contributed by atoms with Crippen LogP contribution >= 0.6 is 11.8 Å². The van der Waals surface area contributed by atoms with Gasteiger partial charge in [0.15, 0.2) is 0 Å². The van der Waals surface area contributed by atoms with Crippen molar-refractivity contribution in [3.8, 4) is 0 Å². The summed E-state index contributed by atoms with van der Waals surface area (Å²) in [7, 11) is 0. The molecule has 168 valence electrons. The molecule has 0 heterocycles. The van der Waals surface area contributed by atoms with Crippen molar-refractivity contribution in [2.45, 2.75) is 122 Å². The summed E-state index contributed by atoms with van der Waals surface area (Å²) in [6.07, 6.45) is 22.4. The molecule has 1 amide bonds. The molecule has 0 aliphatic heterocycles. The number of hydrogen-bond donors (Lipinski definition) is 2. The number of carbonyl (C=O) groups is 2. The number of nitrogens with one attached hydrogen (secondary N) is 1. The molecule has 29 heavy (non-hydrogen) atoms. The number of amides is 1. The van der Waals surface area contributed by atoms with Crippen molar-refractivity contribution in [3.05, 3.63) is 0 Å². The summed E-state index contributed by atoms with van der Waals surface area (Å²) in [5.41, 5.74) is 0. The van der Waals surface area contributed by atoms with Gasteiger partial charge in [-0.1, -0.05) is 96.8 Å². The minimum absolute atomic E-state index is 0. The first kappa shape index (κ1) is 31.5. The van der Waals surface area contributed by atoms with E-state index < -0.39 is 12.0 Å². The van der Waals surface area contributed by atoms with Crippen molar-refractivity contribution in [1.82, 2.24) is 5.32 Å². The van der Waals surface area contributed by atoms with Crippen LogP contribution in [0.2, 0.25) is 0 Å². The van der Waals surface area contributed by atoms with Gasteiger partial charge in [0.1, 0.15) is 6.04 Å².